The van der Waals surface area contributed by atoms with Gasteiger partial charge in [-0.15, -0.1) is 0 Å². The van der Waals surface area contributed by atoms with Gasteiger partial charge < -0.3 is 10.5 Å². The first kappa shape index (κ1) is 9.85. The van der Waals surface area contributed by atoms with E-state index in [9.17, 15) is 4.39 Å². The lowest BCUT2D eigenvalue weighted by Crippen LogP contribution is -2.23. The Morgan fingerprint density at radius 1 is 1.60 bits per heavy atom. The minimum absolute atomic E-state index is 0.0185. The number of hydrogen-bond donors (Lipinski definition) is 1. The van der Waals surface area contributed by atoms with Gasteiger partial charge in [-0.2, -0.15) is 0 Å². The molecule has 10 heavy (non-hydrogen) atoms. The summed E-state index contributed by atoms with van der Waals surface area (Å²) in [6, 6.07) is 0. The number of halogens is 1. The molecule has 3 heteroatoms. The zero-order chi connectivity index (χ0) is 7.98. The van der Waals surface area contributed by atoms with Crippen LogP contribution in [-0.4, -0.2) is 26.4 Å². The highest BCUT2D eigenvalue weighted by molar-refractivity contribution is 4.64. The van der Waals surface area contributed by atoms with Gasteiger partial charge in [-0.25, -0.2) is 4.39 Å². The summed E-state index contributed by atoms with van der Waals surface area (Å²) in [6.45, 7) is 2.57. The lowest BCUT2D eigenvalue weighted by molar-refractivity contribution is 0.151. The van der Waals surface area contributed by atoms with Crippen LogP contribution in [0.4, 0.5) is 4.39 Å². The summed E-state index contributed by atoms with van der Waals surface area (Å²) in [7, 11) is 1.61. The standard InChI is InChI=1S/C7H16FNO/c1-6(3-4-10-2)7(8)5-9/h6-7H,3-5,9H2,1-2H3. The Bertz CT molecular complexity index is 80.0. The van der Waals surface area contributed by atoms with E-state index >= 15 is 0 Å². The molecule has 0 fully saturated rings. The molecular formula is C7H16FNO. The van der Waals surface area contributed by atoms with Crippen LogP contribution in [0.5, 0.6) is 0 Å². The van der Waals surface area contributed by atoms with Crippen molar-refractivity contribution in [3.63, 3.8) is 0 Å². The van der Waals surface area contributed by atoms with Crippen LogP contribution in [0.1, 0.15) is 13.3 Å². The van der Waals surface area contributed by atoms with E-state index in [0.717, 1.165) is 6.42 Å². The molecule has 0 aromatic rings. The van der Waals surface area contributed by atoms with Gasteiger partial charge in [-0.05, 0) is 12.3 Å². The van der Waals surface area contributed by atoms with Crippen molar-refractivity contribution in [2.24, 2.45) is 11.7 Å². The number of methoxy groups -OCH3 is 1. The smallest absolute Gasteiger partial charge is 0.115 e. The summed E-state index contributed by atoms with van der Waals surface area (Å²) >= 11 is 0. The minimum atomic E-state index is -0.879. The molecule has 0 amide bonds. The fourth-order valence-corrected chi connectivity index (χ4v) is 0.717. The average molecular weight is 149 g/mol. The molecule has 2 nitrogen and oxygen atoms in total. The van der Waals surface area contributed by atoms with Gasteiger partial charge in [-0.1, -0.05) is 6.92 Å². The molecule has 0 aliphatic heterocycles. The van der Waals surface area contributed by atoms with Crippen molar-refractivity contribution in [1.29, 1.82) is 0 Å². The predicted molar refractivity (Wildman–Crippen MR) is 39.6 cm³/mol. The molecule has 2 unspecified atom stereocenters. The van der Waals surface area contributed by atoms with Gasteiger partial charge in [0.1, 0.15) is 6.17 Å². The maximum Gasteiger partial charge on any atom is 0.115 e. The highest BCUT2D eigenvalue weighted by Crippen LogP contribution is 2.09. The van der Waals surface area contributed by atoms with Crippen molar-refractivity contribution < 1.29 is 9.13 Å². The number of hydrogen-bond acceptors (Lipinski definition) is 2. The Morgan fingerprint density at radius 3 is 2.60 bits per heavy atom. The first-order chi connectivity index (χ1) is 4.72. The second-order valence-corrected chi connectivity index (χ2v) is 2.51. The van der Waals surface area contributed by atoms with Gasteiger partial charge in [0.15, 0.2) is 0 Å². The summed E-state index contributed by atoms with van der Waals surface area (Å²) in [4.78, 5) is 0. The molecule has 0 aliphatic carbocycles. The fourth-order valence-electron chi connectivity index (χ4n) is 0.717. The van der Waals surface area contributed by atoms with Gasteiger partial charge >= 0.3 is 0 Å². The lowest BCUT2D eigenvalue weighted by Gasteiger charge is -2.13. The molecule has 62 valence electrons. The second-order valence-electron chi connectivity index (χ2n) is 2.51. The normalized spacial score (nSPS) is 16.8. The Balaban J connectivity index is 3.31. The van der Waals surface area contributed by atoms with Crippen LogP contribution < -0.4 is 5.73 Å². The van der Waals surface area contributed by atoms with Gasteiger partial charge in [-0.3, -0.25) is 0 Å². The first-order valence-corrected chi connectivity index (χ1v) is 3.55. The Morgan fingerprint density at radius 2 is 2.20 bits per heavy atom. The van der Waals surface area contributed by atoms with E-state index in [1.807, 2.05) is 6.92 Å². The summed E-state index contributed by atoms with van der Waals surface area (Å²) in [5.74, 6) is 0.0185. The van der Waals surface area contributed by atoms with E-state index in [1.54, 1.807) is 7.11 Å². The molecule has 2 N–H and O–H groups in total. The highest BCUT2D eigenvalue weighted by Gasteiger charge is 2.12. The largest absolute Gasteiger partial charge is 0.385 e. The van der Waals surface area contributed by atoms with Crippen molar-refractivity contribution in [2.75, 3.05) is 20.3 Å². The summed E-state index contributed by atoms with van der Waals surface area (Å²) in [6.07, 6.45) is -0.135. The molecule has 0 radical (unpaired) electrons. The molecule has 0 saturated carbocycles. The summed E-state index contributed by atoms with van der Waals surface area (Å²) in [5, 5.41) is 0. The zero-order valence-corrected chi connectivity index (χ0v) is 6.64. The molecule has 0 spiro atoms. The Kier molecular flexibility index (Phi) is 5.54. The Hall–Kier alpha value is -0.150. The Labute approximate surface area is 61.5 Å². The maximum atomic E-state index is 12.7. The van der Waals surface area contributed by atoms with E-state index < -0.39 is 6.17 Å². The van der Waals surface area contributed by atoms with E-state index in [4.69, 9.17) is 10.5 Å². The van der Waals surface area contributed by atoms with E-state index in [-0.39, 0.29) is 12.5 Å². The third kappa shape index (κ3) is 3.80. The molecule has 0 aromatic carbocycles. The van der Waals surface area contributed by atoms with Crippen LogP contribution >= 0.6 is 0 Å². The minimum Gasteiger partial charge on any atom is -0.385 e. The van der Waals surface area contributed by atoms with Gasteiger partial charge in [0.05, 0.1) is 0 Å². The van der Waals surface area contributed by atoms with Crippen molar-refractivity contribution >= 4 is 0 Å². The van der Waals surface area contributed by atoms with Crippen molar-refractivity contribution in [3.05, 3.63) is 0 Å². The van der Waals surface area contributed by atoms with Crippen LogP contribution in [0.3, 0.4) is 0 Å². The van der Waals surface area contributed by atoms with E-state index in [2.05, 4.69) is 0 Å². The van der Waals surface area contributed by atoms with Crippen molar-refractivity contribution in [1.82, 2.24) is 0 Å². The monoisotopic (exact) mass is 149 g/mol. The predicted octanol–water partition coefficient (Wildman–Crippen LogP) is 0.956. The summed E-state index contributed by atoms with van der Waals surface area (Å²) in [5.41, 5.74) is 5.13. The number of nitrogens with two attached hydrogens (primary N) is 1. The zero-order valence-electron chi connectivity index (χ0n) is 6.64. The molecule has 2 atom stereocenters. The quantitative estimate of drug-likeness (QED) is 0.631. The van der Waals surface area contributed by atoms with Crippen LogP contribution in [0.25, 0.3) is 0 Å². The van der Waals surface area contributed by atoms with Crippen LogP contribution in [0, 0.1) is 5.92 Å². The fraction of sp³-hybridized carbons (Fsp3) is 1.00. The molecule has 0 saturated heterocycles. The number of alkyl halides is 1. The van der Waals surface area contributed by atoms with Crippen LogP contribution in [0.15, 0.2) is 0 Å². The molecule has 0 aromatic heterocycles. The van der Waals surface area contributed by atoms with Crippen molar-refractivity contribution in [3.8, 4) is 0 Å². The average Bonchev–Trinajstić information content (AvgIpc) is 1.98. The van der Waals surface area contributed by atoms with Gasteiger partial charge in [0.2, 0.25) is 0 Å². The van der Waals surface area contributed by atoms with Crippen LogP contribution in [-0.2, 0) is 4.74 Å². The second kappa shape index (κ2) is 5.62. The van der Waals surface area contributed by atoms with Gasteiger partial charge in [0, 0.05) is 20.3 Å². The van der Waals surface area contributed by atoms with E-state index in [1.165, 1.54) is 0 Å². The SMILES string of the molecule is COCCC(C)C(F)CN. The van der Waals surface area contributed by atoms with E-state index in [0.29, 0.717) is 6.61 Å². The van der Waals surface area contributed by atoms with Crippen molar-refractivity contribution in [2.45, 2.75) is 19.5 Å². The molecule has 0 rings (SSSR count). The third-order valence-electron chi connectivity index (χ3n) is 1.62. The first-order valence-electron chi connectivity index (χ1n) is 3.55. The number of ether oxygens (including phenoxy) is 1. The third-order valence-corrected chi connectivity index (χ3v) is 1.62. The molecule has 0 bridgehead atoms. The summed E-state index contributed by atoms with van der Waals surface area (Å²) < 4.78 is 17.5. The molecular weight excluding hydrogens is 133 g/mol. The molecule has 0 heterocycles. The maximum absolute atomic E-state index is 12.7. The topological polar surface area (TPSA) is 35.2 Å². The highest BCUT2D eigenvalue weighted by atomic mass is 19.1. The van der Waals surface area contributed by atoms with Crippen LogP contribution in [0.2, 0.25) is 0 Å². The molecule has 0 aliphatic rings. The number of rotatable bonds is 5. The van der Waals surface area contributed by atoms with Gasteiger partial charge in [0.25, 0.3) is 0 Å². The lowest BCUT2D eigenvalue weighted by atomic mass is 10.0.